The third-order valence-corrected chi connectivity index (χ3v) is 5.40. The predicted octanol–water partition coefficient (Wildman–Crippen LogP) is 2.92. The van der Waals surface area contributed by atoms with Gasteiger partial charge in [-0.05, 0) is 38.4 Å². The minimum atomic E-state index is 0.0252. The van der Waals surface area contributed by atoms with E-state index in [-0.39, 0.29) is 5.91 Å². The highest BCUT2D eigenvalue weighted by atomic mass is 16.2. The minimum absolute atomic E-state index is 0.0252. The quantitative estimate of drug-likeness (QED) is 0.918. The van der Waals surface area contributed by atoms with E-state index in [1.807, 2.05) is 35.2 Å². The Kier molecular flexibility index (Phi) is 4.84. The largest absolute Gasteiger partial charge is 0.335 e. The van der Waals surface area contributed by atoms with E-state index in [4.69, 9.17) is 0 Å². The molecule has 0 spiro atoms. The highest BCUT2D eigenvalue weighted by Gasteiger charge is 2.37. The topological polar surface area (TPSA) is 61.4 Å². The Balaban J connectivity index is 1.33. The lowest BCUT2D eigenvalue weighted by molar-refractivity contribution is 0.00208. The fraction of sp³-hybridized carbons (Fsp3) is 0.450. The molecule has 1 amide bonds. The first kappa shape index (κ1) is 17.0. The third kappa shape index (κ3) is 3.55. The lowest BCUT2D eigenvalue weighted by Gasteiger charge is -2.49. The van der Waals surface area contributed by atoms with Crippen molar-refractivity contribution in [1.29, 1.82) is 0 Å². The highest BCUT2D eigenvalue weighted by molar-refractivity contribution is 5.94. The van der Waals surface area contributed by atoms with E-state index in [0.29, 0.717) is 23.6 Å². The second-order valence-corrected chi connectivity index (χ2v) is 7.23. The summed E-state index contributed by atoms with van der Waals surface area (Å²) in [6.45, 7) is 5.09. The molecule has 6 nitrogen and oxygen atoms in total. The van der Waals surface area contributed by atoms with Crippen LogP contribution in [0.1, 0.15) is 36.5 Å². The van der Waals surface area contributed by atoms with Gasteiger partial charge in [0.1, 0.15) is 0 Å². The van der Waals surface area contributed by atoms with Gasteiger partial charge in [-0.2, -0.15) is 0 Å². The van der Waals surface area contributed by atoms with Gasteiger partial charge in [-0.1, -0.05) is 24.6 Å². The zero-order chi connectivity index (χ0) is 17.9. The minimum Gasteiger partial charge on any atom is -0.335 e. The highest BCUT2D eigenvalue weighted by Crippen LogP contribution is 2.25. The lowest BCUT2D eigenvalue weighted by atomic mass is 9.97. The first-order valence-electron chi connectivity index (χ1n) is 9.40. The van der Waals surface area contributed by atoms with Crippen molar-refractivity contribution in [1.82, 2.24) is 19.8 Å². The van der Waals surface area contributed by atoms with E-state index in [1.54, 1.807) is 12.4 Å². The maximum Gasteiger partial charge on any atom is 0.257 e. The number of carbonyl (C=O) groups is 1. The Morgan fingerprint density at radius 2 is 1.85 bits per heavy atom. The van der Waals surface area contributed by atoms with Gasteiger partial charge in [0.25, 0.3) is 5.91 Å². The number of benzene rings is 1. The normalized spacial score (nSPS) is 21.3. The molecule has 26 heavy (non-hydrogen) atoms. The summed E-state index contributed by atoms with van der Waals surface area (Å²) in [5, 5.41) is 3.13. The molecule has 1 aromatic carbocycles. The monoisotopic (exact) mass is 351 g/mol. The average molecular weight is 351 g/mol. The van der Waals surface area contributed by atoms with Crippen LogP contribution in [-0.4, -0.2) is 57.4 Å². The molecular weight excluding hydrogens is 326 g/mol. The van der Waals surface area contributed by atoms with Gasteiger partial charge in [0.15, 0.2) is 0 Å². The molecule has 0 radical (unpaired) electrons. The fourth-order valence-corrected chi connectivity index (χ4v) is 3.83. The summed E-state index contributed by atoms with van der Waals surface area (Å²) in [6, 6.07) is 10.9. The average Bonchev–Trinajstić information content (AvgIpc) is 2.63. The Hall–Kier alpha value is -2.47. The third-order valence-electron chi connectivity index (χ3n) is 5.40. The van der Waals surface area contributed by atoms with E-state index in [0.717, 1.165) is 25.3 Å². The van der Waals surface area contributed by atoms with Crippen LogP contribution in [0.2, 0.25) is 0 Å². The predicted molar refractivity (Wildman–Crippen MR) is 101 cm³/mol. The molecule has 2 aliphatic rings. The number of nitrogens with one attached hydrogen (secondary N) is 1. The lowest BCUT2D eigenvalue weighted by Crippen LogP contribution is -2.63. The standard InChI is InChI=1S/C20H25N5O/c1-15-7-5-6-10-25(15)18-13-24(14-18)19(26)16-11-21-20(22-12-16)23-17-8-3-2-4-9-17/h2-4,8-9,11-12,15,18H,5-7,10,13-14H2,1H3,(H,21,22,23). The van der Waals surface area contributed by atoms with Gasteiger partial charge in [-0.25, -0.2) is 9.97 Å². The zero-order valence-electron chi connectivity index (χ0n) is 15.1. The molecule has 6 heteroatoms. The van der Waals surface area contributed by atoms with Crippen molar-refractivity contribution >= 4 is 17.5 Å². The van der Waals surface area contributed by atoms with Gasteiger partial charge in [-0.15, -0.1) is 0 Å². The van der Waals surface area contributed by atoms with Crippen LogP contribution in [-0.2, 0) is 0 Å². The molecule has 0 aliphatic carbocycles. The number of amides is 1. The second-order valence-electron chi connectivity index (χ2n) is 7.23. The molecule has 1 atom stereocenters. The molecule has 0 bridgehead atoms. The Bertz CT molecular complexity index is 743. The van der Waals surface area contributed by atoms with Gasteiger partial charge >= 0.3 is 0 Å². The number of piperidine rings is 1. The number of nitrogens with zero attached hydrogens (tertiary/aromatic N) is 4. The van der Waals surface area contributed by atoms with Crippen molar-refractivity contribution in [2.24, 2.45) is 0 Å². The van der Waals surface area contributed by atoms with Crippen molar-refractivity contribution in [3.8, 4) is 0 Å². The Labute approximate surface area is 154 Å². The molecule has 0 saturated carbocycles. The van der Waals surface area contributed by atoms with Crippen LogP contribution in [0, 0.1) is 0 Å². The van der Waals surface area contributed by atoms with Crippen LogP contribution >= 0.6 is 0 Å². The number of rotatable bonds is 4. The zero-order valence-corrected chi connectivity index (χ0v) is 15.1. The van der Waals surface area contributed by atoms with E-state index in [2.05, 4.69) is 27.1 Å². The van der Waals surface area contributed by atoms with Gasteiger partial charge in [0, 0.05) is 43.3 Å². The molecule has 136 valence electrons. The van der Waals surface area contributed by atoms with Crippen LogP contribution in [0.25, 0.3) is 0 Å². The summed E-state index contributed by atoms with van der Waals surface area (Å²) in [5.74, 6) is 0.522. The van der Waals surface area contributed by atoms with Crippen molar-refractivity contribution in [2.75, 3.05) is 25.0 Å². The summed E-state index contributed by atoms with van der Waals surface area (Å²) < 4.78 is 0. The van der Waals surface area contributed by atoms with Gasteiger partial charge in [0.2, 0.25) is 5.95 Å². The maximum absolute atomic E-state index is 12.6. The van der Waals surface area contributed by atoms with Crippen LogP contribution in [0.15, 0.2) is 42.7 Å². The molecule has 3 heterocycles. The van der Waals surface area contributed by atoms with Gasteiger partial charge < -0.3 is 10.2 Å². The number of hydrogen-bond donors (Lipinski definition) is 1. The van der Waals surface area contributed by atoms with Crippen LogP contribution < -0.4 is 5.32 Å². The molecule has 1 unspecified atom stereocenters. The first-order chi connectivity index (χ1) is 12.7. The number of carbonyl (C=O) groups excluding carboxylic acids is 1. The van der Waals surface area contributed by atoms with Crippen LogP contribution in [0.3, 0.4) is 0 Å². The number of aromatic nitrogens is 2. The number of likely N-dealkylation sites (tertiary alicyclic amines) is 2. The summed E-state index contributed by atoms with van der Waals surface area (Å²) in [4.78, 5) is 25.6. The van der Waals surface area contributed by atoms with E-state index < -0.39 is 0 Å². The molecule has 4 rings (SSSR count). The van der Waals surface area contributed by atoms with Gasteiger partial charge in [0.05, 0.1) is 5.56 Å². The molecule has 1 aromatic heterocycles. The summed E-state index contributed by atoms with van der Waals surface area (Å²) >= 11 is 0. The second kappa shape index (κ2) is 7.41. The first-order valence-corrected chi connectivity index (χ1v) is 9.40. The Morgan fingerprint density at radius 1 is 1.12 bits per heavy atom. The molecular formula is C20H25N5O. The van der Waals surface area contributed by atoms with E-state index in [9.17, 15) is 4.79 Å². The van der Waals surface area contributed by atoms with Crippen LogP contribution in [0.4, 0.5) is 11.6 Å². The summed E-state index contributed by atoms with van der Waals surface area (Å²) in [5.41, 5.74) is 1.47. The molecule has 2 fully saturated rings. The van der Waals surface area contributed by atoms with Crippen LogP contribution in [0.5, 0.6) is 0 Å². The smallest absolute Gasteiger partial charge is 0.257 e. The summed E-state index contributed by atoms with van der Waals surface area (Å²) in [6.07, 6.45) is 7.09. The van der Waals surface area contributed by atoms with Crippen molar-refractivity contribution < 1.29 is 4.79 Å². The number of para-hydroxylation sites is 1. The SMILES string of the molecule is CC1CCCCN1C1CN(C(=O)c2cnc(Nc3ccccc3)nc2)C1. The number of anilines is 2. The van der Waals surface area contributed by atoms with Crippen molar-refractivity contribution in [3.63, 3.8) is 0 Å². The van der Waals surface area contributed by atoms with E-state index in [1.165, 1.54) is 19.3 Å². The fourth-order valence-electron chi connectivity index (χ4n) is 3.83. The maximum atomic E-state index is 12.6. The molecule has 2 saturated heterocycles. The van der Waals surface area contributed by atoms with Gasteiger partial charge in [-0.3, -0.25) is 9.69 Å². The Morgan fingerprint density at radius 3 is 2.54 bits per heavy atom. The number of hydrogen-bond acceptors (Lipinski definition) is 5. The van der Waals surface area contributed by atoms with E-state index >= 15 is 0 Å². The molecule has 2 aliphatic heterocycles. The molecule has 2 aromatic rings. The van der Waals surface area contributed by atoms with Crippen molar-refractivity contribution in [2.45, 2.75) is 38.3 Å². The summed E-state index contributed by atoms with van der Waals surface area (Å²) in [7, 11) is 0. The molecule has 1 N–H and O–H groups in total. The van der Waals surface area contributed by atoms with Crippen molar-refractivity contribution in [3.05, 3.63) is 48.3 Å².